The van der Waals surface area contributed by atoms with Crippen molar-refractivity contribution in [2.75, 3.05) is 6.61 Å². The number of ether oxygens (including phenoxy) is 5. The molecule has 154 valence electrons. The second-order valence-electron chi connectivity index (χ2n) is 7.10. The van der Waals surface area contributed by atoms with Gasteiger partial charge in [0.05, 0.1) is 5.41 Å². The maximum absolute atomic E-state index is 12.0. The van der Waals surface area contributed by atoms with Gasteiger partial charge in [0, 0.05) is 20.8 Å². The van der Waals surface area contributed by atoms with Gasteiger partial charge in [0.2, 0.25) is 0 Å². The average molecular weight is 453 g/mol. The lowest BCUT2D eigenvalue weighted by molar-refractivity contribution is -0.237. The second-order valence-corrected chi connectivity index (χ2v) is 8.00. The molecule has 1 aliphatic heterocycles. The molecule has 9 nitrogen and oxygen atoms in total. The van der Waals surface area contributed by atoms with Crippen LogP contribution in [-0.4, -0.2) is 59.9 Å². The zero-order valence-electron chi connectivity index (χ0n) is 16.1. The fraction of sp³-hybridized carbons (Fsp3) is 0.765. The van der Waals surface area contributed by atoms with E-state index in [2.05, 4.69) is 15.9 Å². The first-order valence-corrected chi connectivity index (χ1v) is 9.23. The Labute approximate surface area is 166 Å². The molecule has 0 unspecified atom stereocenters. The van der Waals surface area contributed by atoms with Crippen LogP contribution in [0, 0.1) is 5.41 Å². The summed E-state index contributed by atoms with van der Waals surface area (Å²) in [4.78, 5) is 46.5. The molecule has 0 saturated carbocycles. The van der Waals surface area contributed by atoms with Gasteiger partial charge in [-0.25, -0.2) is 0 Å². The van der Waals surface area contributed by atoms with Gasteiger partial charge in [-0.05, 0) is 20.8 Å². The summed E-state index contributed by atoms with van der Waals surface area (Å²) >= 11 is 3.22. The molecule has 0 bridgehead atoms. The predicted octanol–water partition coefficient (Wildman–Crippen LogP) is 1.49. The number of carbonyl (C=O) groups excluding carboxylic acids is 4. The Kier molecular flexibility index (Phi) is 8.22. The van der Waals surface area contributed by atoms with Crippen LogP contribution in [0.15, 0.2) is 0 Å². The zero-order chi connectivity index (χ0) is 20.9. The second kappa shape index (κ2) is 9.50. The van der Waals surface area contributed by atoms with Crippen LogP contribution in [-0.2, 0) is 42.9 Å². The van der Waals surface area contributed by atoms with E-state index in [0.717, 1.165) is 0 Å². The average Bonchev–Trinajstić information content (AvgIpc) is 2.49. The molecular formula is C17H25BrO9. The molecule has 0 radical (unpaired) electrons. The monoisotopic (exact) mass is 452 g/mol. The van der Waals surface area contributed by atoms with E-state index < -0.39 is 58.7 Å². The van der Waals surface area contributed by atoms with Crippen LogP contribution < -0.4 is 0 Å². The summed E-state index contributed by atoms with van der Waals surface area (Å²) in [6.07, 6.45) is -4.30. The quantitative estimate of drug-likeness (QED) is 0.347. The number of esters is 4. The summed E-state index contributed by atoms with van der Waals surface area (Å²) in [5.74, 6) is -2.45. The maximum Gasteiger partial charge on any atom is 0.311 e. The SMILES string of the molecule is CC(=O)O[C@@H]1[C@@H](OC(C)=O)[C@@H](Br)O[C@H](COC(=O)C(C)(C)C)[C@@H]1OC(C)=O. The van der Waals surface area contributed by atoms with Gasteiger partial charge in [0.1, 0.15) is 12.7 Å². The molecule has 1 fully saturated rings. The molecule has 10 heteroatoms. The Morgan fingerprint density at radius 2 is 1.30 bits per heavy atom. The molecule has 1 heterocycles. The Balaban J connectivity index is 3.10. The smallest absolute Gasteiger partial charge is 0.311 e. The van der Waals surface area contributed by atoms with Gasteiger partial charge in [-0.3, -0.25) is 19.2 Å². The highest BCUT2D eigenvalue weighted by atomic mass is 79.9. The van der Waals surface area contributed by atoms with Crippen molar-refractivity contribution in [3.8, 4) is 0 Å². The van der Waals surface area contributed by atoms with Crippen molar-refractivity contribution in [3.05, 3.63) is 0 Å². The fourth-order valence-electron chi connectivity index (χ4n) is 2.35. The molecule has 1 saturated heterocycles. The third-order valence-electron chi connectivity index (χ3n) is 3.47. The van der Waals surface area contributed by atoms with Crippen LogP contribution in [0.2, 0.25) is 0 Å². The molecule has 0 N–H and O–H groups in total. The van der Waals surface area contributed by atoms with E-state index in [4.69, 9.17) is 23.7 Å². The van der Waals surface area contributed by atoms with Crippen molar-refractivity contribution in [2.24, 2.45) is 5.41 Å². The topological polar surface area (TPSA) is 114 Å². The molecule has 0 aromatic heterocycles. The molecule has 0 spiro atoms. The Hall–Kier alpha value is -1.68. The minimum Gasteiger partial charge on any atom is -0.462 e. The maximum atomic E-state index is 12.0. The number of hydrogen-bond acceptors (Lipinski definition) is 9. The summed E-state index contributed by atoms with van der Waals surface area (Å²) in [6, 6.07) is 0. The first kappa shape index (κ1) is 23.4. The van der Waals surface area contributed by atoms with Crippen molar-refractivity contribution in [2.45, 2.75) is 71.0 Å². The van der Waals surface area contributed by atoms with Crippen molar-refractivity contribution in [3.63, 3.8) is 0 Å². The molecule has 0 aromatic carbocycles. The number of halogens is 1. The van der Waals surface area contributed by atoms with Crippen LogP contribution in [0.3, 0.4) is 0 Å². The molecule has 0 amide bonds. The van der Waals surface area contributed by atoms with E-state index >= 15 is 0 Å². The first-order chi connectivity index (χ1) is 12.3. The highest BCUT2D eigenvalue weighted by Gasteiger charge is 2.51. The van der Waals surface area contributed by atoms with Gasteiger partial charge in [0.15, 0.2) is 23.3 Å². The van der Waals surface area contributed by atoms with E-state index in [1.165, 1.54) is 20.8 Å². The standard InChI is InChI=1S/C17H25BrO9/c1-8(19)24-12-11(7-23-16(22)17(4,5)6)27-15(18)14(26-10(3)21)13(12)25-9(2)20/h11-15H,7H2,1-6H3/t11-,12+,13+,14-,15+/m1/s1. The molecule has 5 atom stereocenters. The Morgan fingerprint density at radius 3 is 1.74 bits per heavy atom. The summed E-state index contributed by atoms with van der Waals surface area (Å²) in [5, 5.41) is -0.879. The number of hydrogen-bond donors (Lipinski definition) is 0. The van der Waals surface area contributed by atoms with Gasteiger partial charge in [-0.2, -0.15) is 0 Å². The number of rotatable bonds is 5. The summed E-state index contributed by atoms with van der Waals surface area (Å²) in [6.45, 7) is 8.33. The predicted molar refractivity (Wildman–Crippen MR) is 94.7 cm³/mol. The van der Waals surface area contributed by atoms with E-state index in [-0.39, 0.29) is 6.61 Å². The van der Waals surface area contributed by atoms with Gasteiger partial charge in [0.25, 0.3) is 0 Å². The van der Waals surface area contributed by atoms with Crippen LogP contribution in [0.4, 0.5) is 0 Å². The molecule has 27 heavy (non-hydrogen) atoms. The molecule has 0 aromatic rings. The van der Waals surface area contributed by atoms with Crippen LogP contribution >= 0.6 is 15.9 Å². The van der Waals surface area contributed by atoms with Crippen LogP contribution in [0.25, 0.3) is 0 Å². The highest BCUT2D eigenvalue weighted by Crippen LogP contribution is 2.32. The van der Waals surface area contributed by atoms with Crippen LogP contribution in [0.1, 0.15) is 41.5 Å². The molecule has 1 aliphatic rings. The first-order valence-electron chi connectivity index (χ1n) is 8.31. The molecule has 1 rings (SSSR count). The Bertz CT molecular complexity index is 583. The lowest BCUT2D eigenvalue weighted by Gasteiger charge is -2.42. The molecule has 0 aliphatic carbocycles. The lowest BCUT2D eigenvalue weighted by atomic mass is 9.97. The minimum absolute atomic E-state index is 0.249. The highest BCUT2D eigenvalue weighted by molar-refractivity contribution is 9.09. The van der Waals surface area contributed by atoms with Crippen molar-refractivity contribution in [1.29, 1.82) is 0 Å². The van der Waals surface area contributed by atoms with Gasteiger partial charge < -0.3 is 23.7 Å². The van der Waals surface area contributed by atoms with E-state index in [9.17, 15) is 19.2 Å². The van der Waals surface area contributed by atoms with Crippen LogP contribution in [0.5, 0.6) is 0 Å². The fourth-order valence-corrected chi connectivity index (χ4v) is 3.04. The largest absolute Gasteiger partial charge is 0.462 e. The number of alkyl halides is 1. The lowest BCUT2D eigenvalue weighted by Crippen LogP contribution is -2.61. The van der Waals surface area contributed by atoms with Crippen molar-refractivity contribution >= 4 is 39.8 Å². The number of carbonyl (C=O) groups is 4. The summed E-state index contributed by atoms with van der Waals surface area (Å²) < 4.78 is 26.6. The van der Waals surface area contributed by atoms with Gasteiger partial charge in [-0.1, -0.05) is 15.9 Å². The normalized spacial score (nSPS) is 28.0. The third-order valence-corrected chi connectivity index (χ3v) is 4.21. The zero-order valence-corrected chi connectivity index (χ0v) is 17.7. The van der Waals surface area contributed by atoms with Gasteiger partial charge in [-0.15, -0.1) is 0 Å². The van der Waals surface area contributed by atoms with E-state index in [0.29, 0.717) is 0 Å². The van der Waals surface area contributed by atoms with Crippen molar-refractivity contribution in [1.82, 2.24) is 0 Å². The van der Waals surface area contributed by atoms with Crippen molar-refractivity contribution < 1.29 is 42.9 Å². The van der Waals surface area contributed by atoms with E-state index in [1.807, 2.05) is 0 Å². The molecular weight excluding hydrogens is 428 g/mol. The summed E-state index contributed by atoms with van der Waals surface area (Å²) in [5.41, 5.74) is -0.741. The third kappa shape index (κ3) is 7.10. The van der Waals surface area contributed by atoms with Gasteiger partial charge >= 0.3 is 23.9 Å². The summed E-state index contributed by atoms with van der Waals surface area (Å²) in [7, 11) is 0. The van der Waals surface area contributed by atoms with E-state index in [1.54, 1.807) is 20.8 Å². The minimum atomic E-state index is -1.15. The Morgan fingerprint density at radius 1 is 0.852 bits per heavy atom.